The van der Waals surface area contributed by atoms with E-state index >= 15 is 0 Å². The largest absolute Gasteiger partial charge is 0.397 e. The summed E-state index contributed by atoms with van der Waals surface area (Å²) in [7, 11) is 0. The maximum Gasteiger partial charge on any atom is 0.188 e. The first-order valence-electron chi connectivity index (χ1n) is 6.00. The number of nitrogen functional groups attached to an aromatic ring is 1. The van der Waals surface area contributed by atoms with Crippen LogP contribution in [0.1, 0.15) is 10.7 Å². The van der Waals surface area contributed by atoms with Gasteiger partial charge in [-0.2, -0.15) is 0 Å². The van der Waals surface area contributed by atoms with Crippen molar-refractivity contribution in [3.8, 4) is 10.6 Å². The van der Waals surface area contributed by atoms with Crippen molar-refractivity contribution in [1.29, 1.82) is 0 Å². The van der Waals surface area contributed by atoms with Crippen molar-refractivity contribution < 1.29 is 0 Å². The third-order valence-corrected chi connectivity index (χ3v) is 4.51. The lowest BCUT2D eigenvalue weighted by atomic mass is 10.3. The van der Waals surface area contributed by atoms with Crippen molar-refractivity contribution in [2.24, 2.45) is 0 Å². The van der Waals surface area contributed by atoms with Crippen LogP contribution >= 0.6 is 22.7 Å². The Kier molecular flexibility index (Phi) is 3.37. The highest BCUT2D eigenvalue weighted by atomic mass is 32.1. The number of pyridine rings is 1. The van der Waals surface area contributed by atoms with E-state index in [9.17, 15) is 0 Å². The van der Waals surface area contributed by atoms with Crippen molar-refractivity contribution in [2.75, 3.05) is 11.1 Å². The van der Waals surface area contributed by atoms with Crippen LogP contribution in [0, 0.1) is 13.8 Å². The molecular formula is C13H13N5S2. The van der Waals surface area contributed by atoms with Crippen molar-refractivity contribution in [1.82, 2.24) is 15.0 Å². The second kappa shape index (κ2) is 5.18. The molecule has 3 heterocycles. The Balaban J connectivity index is 1.83. The van der Waals surface area contributed by atoms with Gasteiger partial charge in [-0.25, -0.2) is 15.0 Å². The van der Waals surface area contributed by atoms with Gasteiger partial charge in [0.2, 0.25) is 0 Å². The summed E-state index contributed by atoms with van der Waals surface area (Å²) >= 11 is 3.21. The first-order chi connectivity index (χ1) is 9.61. The molecule has 0 saturated carbocycles. The van der Waals surface area contributed by atoms with Crippen LogP contribution in [0.15, 0.2) is 23.7 Å². The van der Waals surface area contributed by atoms with Gasteiger partial charge < -0.3 is 11.1 Å². The van der Waals surface area contributed by atoms with Gasteiger partial charge in [0.1, 0.15) is 5.82 Å². The number of nitrogens with zero attached hydrogens (tertiary/aromatic N) is 3. The molecule has 0 spiro atoms. The van der Waals surface area contributed by atoms with Crippen molar-refractivity contribution >= 4 is 39.3 Å². The Bertz CT molecular complexity index is 730. The Morgan fingerprint density at radius 3 is 2.70 bits per heavy atom. The Labute approximate surface area is 124 Å². The fourth-order valence-electron chi connectivity index (χ4n) is 1.79. The second-order valence-electron chi connectivity index (χ2n) is 4.29. The molecule has 3 N–H and O–H groups in total. The summed E-state index contributed by atoms with van der Waals surface area (Å²) in [6, 6.07) is 3.64. The van der Waals surface area contributed by atoms with Crippen molar-refractivity contribution in [2.45, 2.75) is 13.8 Å². The van der Waals surface area contributed by atoms with Crippen LogP contribution in [0.2, 0.25) is 0 Å². The van der Waals surface area contributed by atoms with Crippen molar-refractivity contribution in [3.63, 3.8) is 0 Å². The number of anilines is 3. The summed E-state index contributed by atoms with van der Waals surface area (Å²) in [6.07, 6.45) is 1.62. The maximum absolute atomic E-state index is 5.61. The van der Waals surface area contributed by atoms with Crippen LogP contribution in [0.4, 0.5) is 16.6 Å². The van der Waals surface area contributed by atoms with Crippen LogP contribution in [0.5, 0.6) is 0 Å². The highest BCUT2D eigenvalue weighted by Gasteiger charge is 2.11. The molecule has 0 unspecified atom stereocenters. The molecular weight excluding hydrogens is 290 g/mol. The SMILES string of the molecule is Cc1nc(C)c(-c2csc(Nc3ccc(N)cn3)n2)s1. The Morgan fingerprint density at radius 1 is 1.20 bits per heavy atom. The fourth-order valence-corrected chi connectivity index (χ4v) is 3.46. The molecule has 7 heteroatoms. The minimum absolute atomic E-state index is 0.645. The van der Waals surface area contributed by atoms with Crippen LogP contribution in [0.3, 0.4) is 0 Å². The topological polar surface area (TPSA) is 76.7 Å². The van der Waals surface area contributed by atoms with Crippen LogP contribution in [-0.4, -0.2) is 15.0 Å². The highest BCUT2D eigenvalue weighted by Crippen LogP contribution is 2.32. The molecule has 0 fully saturated rings. The first kappa shape index (κ1) is 13.0. The number of hydrogen-bond acceptors (Lipinski definition) is 7. The lowest BCUT2D eigenvalue weighted by molar-refractivity contribution is 1.20. The molecule has 0 aliphatic carbocycles. The van der Waals surface area contributed by atoms with Gasteiger partial charge in [0.05, 0.1) is 33.2 Å². The molecule has 102 valence electrons. The number of nitrogens with two attached hydrogens (primary N) is 1. The normalized spacial score (nSPS) is 10.7. The number of aromatic nitrogens is 3. The zero-order valence-corrected chi connectivity index (χ0v) is 12.7. The summed E-state index contributed by atoms with van der Waals surface area (Å²) in [4.78, 5) is 14.3. The summed E-state index contributed by atoms with van der Waals surface area (Å²) in [5, 5.41) is 7.06. The zero-order chi connectivity index (χ0) is 14.1. The number of rotatable bonds is 3. The smallest absolute Gasteiger partial charge is 0.188 e. The second-order valence-corrected chi connectivity index (χ2v) is 6.35. The molecule has 0 bridgehead atoms. The average molecular weight is 303 g/mol. The quantitative estimate of drug-likeness (QED) is 0.773. The zero-order valence-electron chi connectivity index (χ0n) is 11.0. The standard InChI is InChI=1S/C13H13N5S2/c1-7-12(20-8(2)16-7)10-6-19-13(17-10)18-11-4-3-9(14)5-15-11/h3-6H,14H2,1-2H3,(H,15,17,18). The van der Waals surface area contributed by atoms with E-state index < -0.39 is 0 Å². The number of hydrogen-bond donors (Lipinski definition) is 2. The molecule has 0 atom stereocenters. The third-order valence-electron chi connectivity index (χ3n) is 2.66. The van der Waals surface area contributed by atoms with Crippen molar-refractivity contribution in [3.05, 3.63) is 34.4 Å². The van der Waals surface area contributed by atoms with Gasteiger partial charge in [-0.05, 0) is 26.0 Å². The Morgan fingerprint density at radius 2 is 2.05 bits per heavy atom. The monoisotopic (exact) mass is 303 g/mol. The van der Waals surface area contributed by atoms with Gasteiger partial charge in [0, 0.05) is 5.38 Å². The predicted molar refractivity (Wildman–Crippen MR) is 84.6 cm³/mol. The van der Waals surface area contributed by atoms with Crippen LogP contribution < -0.4 is 11.1 Å². The maximum atomic E-state index is 5.61. The van der Waals surface area contributed by atoms with Gasteiger partial charge in [-0.3, -0.25) is 0 Å². The van der Waals surface area contributed by atoms with E-state index in [1.165, 1.54) is 0 Å². The molecule has 3 aromatic rings. The third kappa shape index (κ3) is 2.63. The first-order valence-corrected chi connectivity index (χ1v) is 7.70. The molecule has 0 aromatic carbocycles. The van der Waals surface area contributed by atoms with Gasteiger partial charge in [-0.1, -0.05) is 0 Å². The fraction of sp³-hybridized carbons (Fsp3) is 0.154. The molecule has 0 amide bonds. The van der Waals surface area contributed by atoms with Crippen LogP contribution in [-0.2, 0) is 0 Å². The minimum atomic E-state index is 0.645. The van der Waals surface area contributed by atoms with E-state index in [2.05, 4.69) is 20.3 Å². The molecule has 3 aromatic heterocycles. The van der Waals surface area contributed by atoms with Gasteiger partial charge in [0.15, 0.2) is 5.13 Å². The van der Waals surface area contributed by atoms with E-state index in [4.69, 9.17) is 5.73 Å². The summed E-state index contributed by atoms with van der Waals surface area (Å²) in [5.41, 5.74) is 8.23. The molecule has 0 saturated heterocycles. The summed E-state index contributed by atoms with van der Waals surface area (Å²) in [5.74, 6) is 0.734. The average Bonchev–Trinajstić information content (AvgIpc) is 2.99. The number of aryl methyl sites for hydroxylation is 2. The molecule has 0 aliphatic rings. The number of thiazole rings is 2. The molecule has 0 aliphatic heterocycles. The Hall–Kier alpha value is -1.99. The highest BCUT2D eigenvalue weighted by molar-refractivity contribution is 7.16. The van der Waals surface area contributed by atoms with E-state index in [1.54, 1.807) is 34.9 Å². The van der Waals surface area contributed by atoms with Gasteiger partial charge in [-0.15, -0.1) is 22.7 Å². The lowest BCUT2D eigenvalue weighted by Crippen LogP contribution is -1.94. The molecule has 20 heavy (non-hydrogen) atoms. The minimum Gasteiger partial charge on any atom is -0.397 e. The molecule has 0 radical (unpaired) electrons. The number of nitrogens with one attached hydrogen (secondary N) is 1. The lowest BCUT2D eigenvalue weighted by Gasteiger charge is -2.01. The van der Waals surface area contributed by atoms with Gasteiger partial charge >= 0.3 is 0 Å². The summed E-state index contributed by atoms with van der Waals surface area (Å²) < 4.78 is 0. The van der Waals surface area contributed by atoms with E-state index in [1.807, 2.05) is 25.3 Å². The van der Waals surface area contributed by atoms with E-state index in [0.29, 0.717) is 5.69 Å². The van der Waals surface area contributed by atoms with Crippen LogP contribution in [0.25, 0.3) is 10.6 Å². The van der Waals surface area contributed by atoms with E-state index in [0.717, 1.165) is 32.2 Å². The summed E-state index contributed by atoms with van der Waals surface area (Å²) in [6.45, 7) is 4.01. The van der Waals surface area contributed by atoms with E-state index in [-0.39, 0.29) is 0 Å². The molecule has 5 nitrogen and oxygen atoms in total. The van der Waals surface area contributed by atoms with Gasteiger partial charge in [0.25, 0.3) is 0 Å². The predicted octanol–water partition coefficient (Wildman–Crippen LogP) is 3.60. The molecule has 3 rings (SSSR count).